The van der Waals surface area contributed by atoms with Crippen molar-refractivity contribution in [3.63, 3.8) is 0 Å². The van der Waals surface area contributed by atoms with Crippen LogP contribution in [0.1, 0.15) is 44.1 Å². The van der Waals surface area contributed by atoms with Crippen LogP contribution >= 0.6 is 0 Å². The summed E-state index contributed by atoms with van der Waals surface area (Å²) >= 11 is 0. The van der Waals surface area contributed by atoms with E-state index in [0.29, 0.717) is 38.3 Å². The van der Waals surface area contributed by atoms with E-state index < -0.39 is 0 Å². The van der Waals surface area contributed by atoms with Crippen molar-refractivity contribution >= 4 is 11.8 Å². The summed E-state index contributed by atoms with van der Waals surface area (Å²) in [6.07, 6.45) is 5.87. The van der Waals surface area contributed by atoms with Gasteiger partial charge in [-0.3, -0.25) is 14.6 Å². The Morgan fingerprint density at radius 3 is 2.41 bits per heavy atom. The Hall–Kier alpha value is -1.98. The van der Waals surface area contributed by atoms with Gasteiger partial charge in [0.15, 0.2) is 0 Å². The number of rotatable bonds is 2. The van der Waals surface area contributed by atoms with Crippen molar-refractivity contribution in [3.8, 4) is 0 Å². The van der Waals surface area contributed by atoms with Gasteiger partial charge in [0.05, 0.1) is 6.20 Å². The van der Waals surface area contributed by atoms with Gasteiger partial charge in [-0.2, -0.15) is 0 Å². The van der Waals surface area contributed by atoms with Crippen LogP contribution in [0.5, 0.6) is 0 Å². The van der Waals surface area contributed by atoms with Crippen LogP contribution < -0.4 is 0 Å². The fourth-order valence-corrected chi connectivity index (χ4v) is 2.51. The van der Waals surface area contributed by atoms with Gasteiger partial charge in [-0.1, -0.05) is 20.8 Å². The summed E-state index contributed by atoms with van der Waals surface area (Å²) in [4.78, 5) is 36.3. The highest BCUT2D eigenvalue weighted by atomic mass is 16.2. The molecule has 0 saturated carbocycles. The molecule has 1 aromatic rings. The second kappa shape index (κ2) is 6.85. The first-order valence-electron chi connectivity index (χ1n) is 7.70. The molecule has 1 aliphatic heterocycles. The molecule has 2 amide bonds. The molecule has 6 nitrogen and oxygen atoms in total. The highest BCUT2D eigenvalue weighted by Gasteiger charge is 2.25. The Labute approximate surface area is 131 Å². The second-order valence-electron chi connectivity index (χ2n) is 6.85. The van der Waals surface area contributed by atoms with Crippen LogP contribution in [0.15, 0.2) is 18.6 Å². The number of hydrogen-bond donors (Lipinski definition) is 0. The fourth-order valence-electron chi connectivity index (χ4n) is 2.51. The summed E-state index contributed by atoms with van der Waals surface area (Å²) < 4.78 is 0. The number of amides is 2. The summed E-state index contributed by atoms with van der Waals surface area (Å²) in [5.41, 5.74) is 0.343. The zero-order valence-corrected chi connectivity index (χ0v) is 13.6. The molecule has 1 aromatic heterocycles. The van der Waals surface area contributed by atoms with E-state index in [1.165, 1.54) is 12.4 Å². The lowest BCUT2D eigenvalue weighted by Gasteiger charge is -2.25. The quantitative estimate of drug-likeness (QED) is 0.832. The van der Waals surface area contributed by atoms with Crippen molar-refractivity contribution in [2.45, 2.75) is 33.6 Å². The van der Waals surface area contributed by atoms with Crippen LogP contribution in [-0.4, -0.2) is 57.8 Å². The molecular formula is C16H24N4O2. The van der Waals surface area contributed by atoms with E-state index in [0.717, 1.165) is 6.42 Å². The first-order valence-corrected chi connectivity index (χ1v) is 7.70. The van der Waals surface area contributed by atoms with Gasteiger partial charge in [0, 0.05) is 45.0 Å². The van der Waals surface area contributed by atoms with Crippen molar-refractivity contribution in [1.29, 1.82) is 0 Å². The summed E-state index contributed by atoms with van der Waals surface area (Å²) in [6.45, 7) is 8.67. The smallest absolute Gasteiger partial charge is 0.274 e. The topological polar surface area (TPSA) is 66.4 Å². The van der Waals surface area contributed by atoms with Crippen molar-refractivity contribution < 1.29 is 9.59 Å². The van der Waals surface area contributed by atoms with E-state index in [2.05, 4.69) is 30.7 Å². The number of nitrogens with zero attached hydrogens (tertiary/aromatic N) is 4. The highest BCUT2D eigenvalue weighted by Crippen LogP contribution is 2.20. The van der Waals surface area contributed by atoms with Crippen LogP contribution in [0.25, 0.3) is 0 Å². The lowest BCUT2D eigenvalue weighted by Crippen LogP contribution is -2.38. The molecule has 1 saturated heterocycles. The first-order chi connectivity index (χ1) is 10.4. The third-order valence-electron chi connectivity index (χ3n) is 3.60. The largest absolute Gasteiger partial charge is 0.341 e. The lowest BCUT2D eigenvalue weighted by atomic mass is 9.91. The first kappa shape index (κ1) is 16.4. The van der Waals surface area contributed by atoms with Crippen LogP contribution in [0.2, 0.25) is 0 Å². The third-order valence-corrected chi connectivity index (χ3v) is 3.60. The molecule has 0 atom stereocenters. The van der Waals surface area contributed by atoms with Gasteiger partial charge in [-0.05, 0) is 11.8 Å². The summed E-state index contributed by atoms with van der Waals surface area (Å²) in [5, 5.41) is 0. The molecule has 0 aliphatic carbocycles. The maximum absolute atomic E-state index is 12.4. The minimum Gasteiger partial charge on any atom is -0.341 e. The molecule has 0 spiro atoms. The molecular weight excluding hydrogens is 280 g/mol. The Morgan fingerprint density at radius 1 is 1.09 bits per heavy atom. The normalized spacial score (nSPS) is 16.3. The SMILES string of the molecule is CC(C)(C)CC(=O)N1CCCN(C(=O)c2cnccn2)CC1. The standard InChI is InChI=1S/C16H24N4O2/c1-16(2,3)11-14(21)19-7-4-8-20(10-9-19)15(22)13-12-17-5-6-18-13/h5-6,12H,4,7-11H2,1-3H3. The maximum Gasteiger partial charge on any atom is 0.274 e. The zero-order valence-electron chi connectivity index (χ0n) is 13.6. The predicted octanol–water partition coefficient (Wildman–Crippen LogP) is 1.59. The lowest BCUT2D eigenvalue weighted by molar-refractivity contribution is -0.132. The molecule has 1 fully saturated rings. The molecule has 2 heterocycles. The van der Waals surface area contributed by atoms with Crippen molar-refractivity contribution in [1.82, 2.24) is 19.8 Å². The van der Waals surface area contributed by atoms with Crippen LogP contribution in [0.3, 0.4) is 0 Å². The molecule has 0 N–H and O–H groups in total. The van der Waals surface area contributed by atoms with Gasteiger partial charge >= 0.3 is 0 Å². The third kappa shape index (κ3) is 4.51. The van der Waals surface area contributed by atoms with Crippen molar-refractivity contribution in [2.75, 3.05) is 26.2 Å². The monoisotopic (exact) mass is 304 g/mol. The second-order valence-corrected chi connectivity index (χ2v) is 6.85. The average molecular weight is 304 g/mol. The summed E-state index contributed by atoms with van der Waals surface area (Å²) in [7, 11) is 0. The van der Waals surface area contributed by atoms with Crippen molar-refractivity contribution in [3.05, 3.63) is 24.3 Å². The molecule has 2 rings (SSSR count). The predicted molar refractivity (Wildman–Crippen MR) is 83.2 cm³/mol. The van der Waals surface area contributed by atoms with Crippen molar-refractivity contribution in [2.24, 2.45) is 5.41 Å². The van der Waals surface area contributed by atoms with Crippen LogP contribution in [0, 0.1) is 5.41 Å². The minimum absolute atomic E-state index is 0.0154. The van der Waals surface area contributed by atoms with Gasteiger partial charge < -0.3 is 9.80 Å². The Kier molecular flexibility index (Phi) is 5.11. The molecule has 0 unspecified atom stereocenters. The molecule has 0 aromatic carbocycles. The van der Waals surface area contributed by atoms with E-state index in [1.807, 2.05) is 4.90 Å². The molecule has 1 aliphatic rings. The van der Waals surface area contributed by atoms with Gasteiger partial charge in [-0.15, -0.1) is 0 Å². The van der Waals surface area contributed by atoms with E-state index in [4.69, 9.17) is 0 Å². The zero-order chi connectivity index (χ0) is 16.2. The Balaban J connectivity index is 1.95. The highest BCUT2D eigenvalue weighted by molar-refractivity contribution is 5.92. The number of hydrogen-bond acceptors (Lipinski definition) is 4. The Morgan fingerprint density at radius 2 is 1.77 bits per heavy atom. The summed E-state index contributed by atoms with van der Waals surface area (Å²) in [5.74, 6) is 0.0551. The molecule has 0 bridgehead atoms. The molecule has 22 heavy (non-hydrogen) atoms. The number of carbonyl (C=O) groups is 2. The van der Waals surface area contributed by atoms with Crippen LogP contribution in [0.4, 0.5) is 0 Å². The maximum atomic E-state index is 12.4. The molecule has 6 heteroatoms. The number of carbonyl (C=O) groups excluding carboxylic acids is 2. The van der Waals surface area contributed by atoms with Gasteiger partial charge in [-0.25, -0.2) is 4.98 Å². The average Bonchev–Trinajstić information content (AvgIpc) is 2.71. The number of aromatic nitrogens is 2. The van der Waals surface area contributed by atoms with Gasteiger partial charge in [0.2, 0.25) is 5.91 Å². The molecule has 0 radical (unpaired) electrons. The minimum atomic E-state index is -0.113. The van der Waals surface area contributed by atoms with Gasteiger partial charge in [0.25, 0.3) is 5.91 Å². The molecule has 120 valence electrons. The van der Waals surface area contributed by atoms with E-state index in [9.17, 15) is 9.59 Å². The van der Waals surface area contributed by atoms with E-state index in [1.54, 1.807) is 11.1 Å². The van der Waals surface area contributed by atoms with Gasteiger partial charge in [0.1, 0.15) is 5.69 Å². The van der Waals surface area contributed by atoms with E-state index in [-0.39, 0.29) is 17.2 Å². The Bertz CT molecular complexity index is 525. The van der Waals surface area contributed by atoms with E-state index >= 15 is 0 Å². The summed E-state index contributed by atoms with van der Waals surface area (Å²) in [6, 6.07) is 0. The fraction of sp³-hybridized carbons (Fsp3) is 0.625. The van der Waals surface area contributed by atoms with Crippen LogP contribution in [-0.2, 0) is 4.79 Å².